The molecule has 0 aromatic carbocycles. The van der Waals surface area contributed by atoms with Crippen LogP contribution in [0.15, 0.2) is 44.8 Å². The van der Waals surface area contributed by atoms with Crippen molar-refractivity contribution in [1.82, 2.24) is 0 Å². The highest BCUT2D eigenvalue weighted by atomic mass is 35.5. The molecule has 8 nitrogen and oxygen atoms in total. The minimum Gasteiger partial charge on any atom is -0.396 e. The largest absolute Gasteiger partial charge is 0.396 e. The third kappa shape index (κ3) is 5.12. The van der Waals surface area contributed by atoms with Crippen molar-refractivity contribution < 1.29 is 14.5 Å². The number of nitriles is 1. The quantitative estimate of drug-likeness (QED) is 0.537. The molecule has 0 heterocycles. The summed E-state index contributed by atoms with van der Waals surface area (Å²) in [6.45, 7) is 7.27. The number of nitro groups is 1. The average Bonchev–Trinajstić information content (AvgIpc) is 2.53. The summed E-state index contributed by atoms with van der Waals surface area (Å²) in [7, 11) is 0. The van der Waals surface area contributed by atoms with E-state index < -0.39 is 16.4 Å². The molecule has 0 bridgehead atoms. The molecule has 2 aliphatic carbocycles. The van der Waals surface area contributed by atoms with E-state index in [2.05, 4.69) is 0 Å². The van der Waals surface area contributed by atoms with Crippen LogP contribution in [0.25, 0.3) is 0 Å². The predicted octanol–water partition coefficient (Wildman–Crippen LogP) is 2.24. The number of halogens is 1. The molecular weight excluding hydrogens is 372 g/mol. The van der Waals surface area contributed by atoms with E-state index in [9.17, 15) is 19.7 Å². The standard InChI is InChI=1S/C9H8N2O3.C9H14N2O.ClH/c1-5-3-6(2)8(11(13)14)9(12)7(5)4-10;1-5-3-6(2)8(11)9(12)7(5)4-10;/h3H2,1-2H3;3-4,10-11H2,1-2H3;1H. The molecule has 0 saturated heterocycles. The van der Waals surface area contributed by atoms with Gasteiger partial charge >= 0.3 is 5.70 Å². The Morgan fingerprint density at radius 3 is 2.00 bits per heavy atom. The van der Waals surface area contributed by atoms with Gasteiger partial charge in [-0.25, -0.2) is 0 Å². The molecule has 0 aromatic rings. The lowest BCUT2D eigenvalue weighted by molar-refractivity contribution is -0.419. The van der Waals surface area contributed by atoms with E-state index in [0.29, 0.717) is 35.4 Å². The smallest absolute Gasteiger partial charge is 0.316 e. The van der Waals surface area contributed by atoms with Crippen LogP contribution in [-0.4, -0.2) is 23.0 Å². The van der Waals surface area contributed by atoms with Gasteiger partial charge in [-0.15, -0.1) is 12.4 Å². The van der Waals surface area contributed by atoms with Crippen molar-refractivity contribution in [3.8, 4) is 6.07 Å². The van der Waals surface area contributed by atoms with Crippen molar-refractivity contribution in [2.45, 2.75) is 40.5 Å². The van der Waals surface area contributed by atoms with Gasteiger partial charge in [-0.2, -0.15) is 5.26 Å². The molecule has 0 unspecified atom stereocenters. The second kappa shape index (κ2) is 9.80. The number of hydrogen-bond donors (Lipinski definition) is 2. The van der Waals surface area contributed by atoms with E-state index in [0.717, 1.165) is 17.6 Å². The third-order valence-corrected chi connectivity index (χ3v) is 4.33. The normalized spacial score (nSPS) is 17.3. The van der Waals surface area contributed by atoms with Gasteiger partial charge < -0.3 is 11.5 Å². The fourth-order valence-electron chi connectivity index (χ4n) is 2.88. The summed E-state index contributed by atoms with van der Waals surface area (Å²) < 4.78 is 0. The van der Waals surface area contributed by atoms with E-state index in [1.807, 2.05) is 13.8 Å². The van der Waals surface area contributed by atoms with Gasteiger partial charge in [0.15, 0.2) is 0 Å². The summed E-state index contributed by atoms with van der Waals surface area (Å²) in [5.41, 5.74) is 14.5. The number of hydrogen-bond acceptors (Lipinski definition) is 7. The maximum absolute atomic E-state index is 11.5. The van der Waals surface area contributed by atoms with Crippen LogP contribution in [0.2, 0.25) is 0 Å². The third-order valence-electron chi connectivity index (χ3n) is 4.33. The molecule has 0 atom stereocenters. The number of rotatable bonds is 2. The number of Topliss-reactive ketones (excluding diaryl/α,β-unsaturated/α-hetero) is 2. The molecule has 0 aromatic heterocycles. The summed E-state index contributed by atoms with van der Waals surface area (Å²) >= 11 is 0. The fraction of sp³-hybridized carbons (Fsp3) is 0.389. The van der Waals surface area contributed by atoms with Crippen molar-refractivity contribution in [1.29, 1.82) is 5.26 Å². The Morgan fingerprint density at radius 2 is 1.56 bits per heavy atom. The molecule has 27 heavy (non-hydrogen) atoms. The van der Waals surface area contributed by atoms with Crippen LogP contribution in [0.3, 0.4) is 0 Å². The highest BCUT2D eigenvalue weighted by Gasteiger charge is 2.33. The Labute approximate surface area is 163 Å². The van der Waals surface area contributed by atoms with Gasteiger partial charge in [-0.1, -0.05) is 5.57 Å². The van der Waals surface area contributed by atoms with Crippen LogP contribution < -0.4 is 11.5 Å². The van der Waals surface area contributed by atoms with Gasteiger partial charge in [0, 0.05) is 17.7 Å². The number of allylic oxidation sites excluding steroid dienone is 6. The van der Waals surface area contributed by atoms with Gasteiger partial charge in [0.2, 0.25) is 5.78 Å². The van der Waals surface area contributed by atoms with Crippen LogP contribution in [0.1, 0.15) is 40.5 Å². The maximum Gasteiger partial charge on any atom is 0.316 e. The summed E-state index contributed by atoms with van der Waals surface area (Å²) in [6, 6.07) is 1.70. The Bertz CT molecular complexity index is 857. The van der Waals surface area contributed by atoms with Crippen molar-refractivity contribution in [3.63, 3.8) is 0 Å². The van der Waals surface area contributed by atoms with Crippen molar-refractivity contribution in [2.75, 3.05) is 6.54 Å². The molecule has 9 heteroatoms. The van der Waals surface area contributed by atoms with Crippen LogP contribution in [-0.2, 0) is 9.59 Å². The lowest BCUT2D eigenvalue weighted by Crippen LogP contribution is -2.25. The molecule has 0 radical (unpaired) electrons. The molecule has 0 fully saturated rings. The van der Waals surface area contributed by atoms with Gasteiger partial charge in [-0.3, -0.25) is 19.7 Å². The molecule has 0 spiro atoms. The fourth-order valence-corrected chi connectivity index (χ4v) is 2.88. The zero-order valence-corrected chi connectivity index (χ0v) is 16.5. The number of nitrogens with two attached hydrogens (primary N) is 2. The lowest BCUT2D eigenvalue weighted by atomic mass is 9.90. The van der Waals surface area contributed by atoms with Gasteiger partial charge in [0.1, 0.15) is 11.6 Å². The minimum absolute atomic E-state index is 0. The Kier molecular flexibility index (Phi) is 8.80. The zero-order chi connectivity index (χ0) is 20.2. The summed E-state index contributed by atoms with van der Waals surface area (Å²) in [4.78, 5) is 32.7. The second-order valence-electron chi connectivity index (χ2n) is 6.32. The Hall–Kier alpha value is -2.76. The van der Waals surface area contributed by atoms with E-state index in [1.165, 1.54) is 6.92 Å². The first-order valence-electron chi connectivity index (χ1n) is 7.94. The molecule has 0 amide bonds. The van der Waals surface area contributed by atoms with Crippen LogP contribution >= 0.6 is 12.4 Å². The van der Waals surface area contributed by atoms with Crippen molar-refractivity contribution in [2.24, 2.45) is 11.5 Å². The number of nitrogens with zero attached hydrogens (tertiary/aromatic N) is 2. The summed E-state index contributed by atoms with van der Waals surface area (Å²) in [5.74, 6) is -0.850. The monoisotopic (exact) mass is 394 g/mol. The van der Waals surface area contributed by atoms with E-state index >= 15 is 0 Å². The lowest BCUT2D eigenvalue weighted by Gasteiger charge is -2.17. The summed E-state index contributed by atoms with van der Waals surface area (Å²) in [6.07, 6.45) is 1.11. The predicted molar refractivity (Wildman–Crippen MR) is 103 cm³/mol. The van der Waals surface area contributed by atoms with Crippen LogP contribution in [0.4, 0.5) is 0 Å². The molecule has 4 N–H and O–H groups in total. The van der Waals surface area contributed by atoms with Crippen molar-refractivity contribution >= 4 is 24.0 Å². The number of carbonyl (C=O) groups is 2. The first-order valence-corrected chi connectivity index (χ1v) is 7.94. The first-order chi connectivity index (χ1) is 12.1. The zero-order valence-electron chi connectivity index (χ0n) is 15.7. The second-order valence-corrected chi connectivity index (χ2v) is 6.32. The average molecular weight is 395 g/mol. The Morgan fingerprint density at radius 1 is 1.04 bits per heavy atom. The van der Waals surface area contributed by atoms with Crippen LogP contribution in [0, 0.1) is 21.4 Å². The first kappa shape index (κ1) is 24.2. The van der Waals surface area contributed by atoms with Crippen molar-refractivity contribution in [3.05, 3.63) is 54.9 Å². The molecule has 146 valence electrons. The van der Waals surface area contributed by atoms with Crippen LogP contribution in [0.5, 0.6) is 0 Å². The minimum atomic E-state index is -0.765. The number of carbonyl (C=O) groups excluding carboxylic acids is 2. The topological polar surface area (TPSA) is 153 Å². The molecule has 0 saturated carbocycles. The number of ketones is 2. The molecule has 0 aliphatic heterocycles. The highest BCUT2D eigenvalue weighted by molar-refractivity contribution is 6.11. The highest BCUT2D eigenvalue weighted by Crippen LogP contribution is 2.26. The van der Waals surface area contributed by atoms with E-state index in [1.54, 1.807) is 13.0 Å². The van der Waals surface area contributed by atoms with Gasteiger partial charge in [0.25, 0.3) is 5.78 Å². The summed E-state index contributed by atoms with van der Waals surface area (Å²) in [5, 5.41) is 19.2. The molecule has 2 aliphatic rings. The van der Waals surface area contributed by atoms with Gasteiger partial charge in [-0.05, 0) is 51.7 Å². The van der Waals surface area contributed by atoms with Gasteiger partial charge in [0.05, 0.1) is 10.6 Å². The Balaban J connectivity index is 0.000000488. The molecule has 2 rings (SSSR count). The SMILES string of the molecule is CC1=C(C#N)C(=O)C([N+](=O)[O-])=C(C)C1.CC1=C(N)C(=O)C(CN)=C(C)C1.Cl. The molecular formula is C18H23ClN4O4. The van der Waals surface area contributed by atoms with E-state index in [-0.39, 0.29) is 23.8 Å². The maximum atomic E-state index is 11.5. The van der Waals surface area contributed by atoms with E-state index in [4.69, 9.17) is 16.7 Å².